The highest BCUT2D eigenvalue weighted by atomic mass is 35.5. The number of para-hydroxylation sites is 1. The Hall–Kier alpha value is -3.84. The SMILES string of the molecule is CCOc1cc(/C=N\NC(=O)COc2ccccc2)ccc1OC(=O)c1ccc(Cl)cc1. The van der Waals surface area contributed by atoms with E-state index in [9.17, 15) is 9.59 Å². The summed E-state index contributed by atoms with van der Waals surface area (Å²) in [6, 6.07) is 20.3. The van der Waals surface area contributed by atoms with Gasteiger partial charge >= 0.3 is 5.97 Å². The summed E-state index contributed by atoms with van der Waals surface area (Å²) < 4.78 is 16.4. The largest absolute Gasteiger partial charge is 0.490 e. The van der Waals surface area contributed by atoms with E-state index in [4.69, 9.17) is 25.8 Å². The normalized spacial score (nSPS) is 10.6. The van der Waals surface area contributed by atoms with Crippen molar-refractivity contribution in [3.05, 3.63) is 88.9 Å². The molecule has 0 heterocycles. The van der Waals surface area contributed by atoms with E-state index in [1.807, 2.05) is 25.1 Å². The number of nitrogens with one attached hydrogen (secondary N) is 1. The lowest BCUT2D eigenvalue weighted by Gasteiger charge is -2.11. The Morgan fingerprint density at radius 1 is 0.969 bits per heavy atom. The number of benzene rings is 3. The summed E-state index contributed by atoms with van der Waals surface area (Å²) in [5.74, 6) is 0.303. The van der Waals surface area contributed by atoms with Crippen LogP contribution in [0.2, 0.25) is 5.02 Å². The minimum absolute atomic E-state index is 0.162. The predicted molar refractivity (Wildman–Crippen MR) is 122 cm³/mol. The molecule has 0 spiro atoms. The van der Waals surface area contributed by atoms with Gasteiger partial charge in [-0.25, -0.2) is 10.2 Å². The Morgan fingerprint density at radius 2 is 1.72 bits per heavy atom. The molecule has 0 atom stereocenters. The van der Waals surface area contributed by atoms with Gasteiger partial charge in [0.1, 0.15) is 5.75 Å². The van der Waals surface area contributed by atoms with Gasteiger partial charge in [0.05, 0.1) is 18.4 Å². The lowest BCUT2D eigenvalue weighted by Crippen LogP contribution is -2.24. The molecule has 164 valence electrons. The molecule has 0 saturated heterocycles. The number of nitrogens with zero attached hydrogens (tertiary/aromatic N) is 1. The average Bonchev–Trinajstić information content (AvgIpc) is 2.80. The fraction of sp³-hybridized carbons (Fsp3) is 0.125. The third-order valence-corrected chi connectivity index (χ3v) is 4.32. The lowest BCUT2D eigenvalue weighted by molar-refractivity contribution is -0.123. The second-order valence-electron chi connectivity index (χ2n) is 6.43. The number of esters is 1. The first-order valence-corrected chi connectivity index (χ1v) is 10.2. The molecule has 0 aliphatic rings. The van der Waals surface area contributed by atoms with Crippen molar-refractivity contribution >= 4 is 29.7 Å². The molecule has 3 aromatic rings. The number of hydrazone groups is 1. The molecule has 1 amide bonds. The molecule has 0 fully saturated rings. The Labute approximate surface area is 190 Å². The lowest BCUT2D eigenvalue weighted by atomic mass is 10.2. The standard InChI is InChI=1S/C24H21ClN2O5/c1-2-30-22-14-17(15-26-27-23(28)16-31-20-6-4-3-5-7-20)8-13-21(22)32-24(29)18-9-11-19(25)12-10-18/h3-15H,2,16H2,1H3,(H,27,28)/b26-15-. The van der Waals surface area contributed by atoms with Gasteiger partial charge in [0.2, 0.25) is 0 Å². The van der Waals surface area contributed by atoms with E-state index in [1.54, 1.807) is 54.6 Å². The summed E-state index contributed by atoms with van der Waals surface area (Å²) in [4.78, 5) is 24.2. The Kier molecular flexibility index (Phi) is 8.22. The summed E-state index contributed by atoms with van der Waals surface area (Å²) in [5.41, 5.74) is 3.40. The van der Waals surface area contributed by atoms with E-state index in [2.05, 4.69) is 10.5 Å². The number of amides is 1. The smallest absolute Gasteiger partial charge is 0.343 e. The number of hydrogen-bond donors (Lipinski definition) is 1. The third kappa shape index (κ3) is 6.85. The number of halogens is 1. The molecule has 0 radical (unpaired) electrons. The number of hydrogen-bond acceptors (Lipinski definition) is 6. The van der Waals surface area contributed by atoms with Gasteiger partial charge < -0.3 is 14.2 Å². The van der Waals surface area contributed by atoms with Gasteiger partial charge in [-0.05, 0) is 67.1 Å². The minimum Gasteiger partial charge on any atom is -0.490 e. The Morgan fingerprint density at radius 3 is 2.44 bits per heavy atom. The summed E-state index contributed by atoms with van der Waals surface area (Å²) in [5, 5.41) is 4.45. The van der Waals surface area contributed by atoms with Crippen LogP contribution in [0.25, 0.3) is 0 Å². The third-order valence-electron chi connectivity index (χ3n) is 4.07. The van der Waals surface area contributed by atoms with Crippen LogP contribution in [0.4, 0.5) is 0 Å². The molecular weight excluding hydrogens is 432 g/mol. The molecule has 0 bridgehead atoms. The van der Waals surface area contributed by atoms with E-state index in [0.29, 0.717) is 34.3 Å². The summed E-state index contributed by atoms with van der Waals surface area (Å²) in [7, 11) is 0. The van der Waals surface area contributed by atoms with Crippen LogP contribution >= 0.6 is 11.6 Å². The van der Waals surface area contributed by atoms with E-state index in [-0.39, 0.29) is 12.4 Å². The fourth-order valence-corrected chi connectivity index (χ4v) is 2.71. The van der Waals surface area contributed by atoms with E-state index < -0.39 is 11.9 Å². The van der Waals surface area contributed by atoms with Crippen molar-refractivity contribution in [2.45, 2.75) is 6.92 Å². The zero-order chi connectivity index (χ0) is 22.8. The summed E-state index contributed by atoms with van der Waals surface area (Å²) in [6.45, 7) is 2.03. The number of ether oxygens (including phenoxy) is 3. The van der Waals surface area contributed by atoms with Gasteiger partial charge in [0.15, 0.2) is 18.1 Å². The highest BCUT2D eigenvalue weighted by molar-refractivity contribution is 6.30. The van der Waals surface area contributed by atoms with E-state index in [0.717, 1.165) is 0 Å². The van der Waals surface area contributed by atoms with Gasteiger partial charge in [0, 0.05) is 5.02 Å². The Balaban J connectivity index is 1.60. The molecule has 1 N–H and O–H groups in total. The molecular formula is C24H21ClN2O5. The van der Waals surface area contributed by atoms with Crippen molar-refractivity contribution < 1.29 is 23.8 Å². The van der Waals surface area contributed by atoms with Crippen molar-refractivity contribution in [2.24, 2.45) is 5.10 Å². The highest BCUT2D eigenvalue weighted by Gasteiger charge is 2.13. The van der Waals surface area contributed by atoms with Crippen molar-refractivity contribution in [2.75, 3.05) is 13.2 Å². The number of rotatable bonds is 9. The molecule has 0 unspecified atom stereocenters. The molecule has 3 aromatic carbocycles. The predicted octanol–water partition coefficient (Wildman–Crippen LogP) is 4.49. The van der Waals surface area contributed by atoms with Crippen LogP contribution in [-0.2, 0) is 4.79 Å². The molecule has 0 aliphatic carbocycles. The topological polar surface area (TPSA) is 86.2 Å². The molecule has 3 rings (SSSR count). The monoisotopic (exact) mass is 452 g/mol. The van der Waals surface area contributed by atoms with Crippen LogP contribution in [0, 0.1) is 0 Å². The van der Waals surface area contributed by atoms with E-state index in [1.165, 1.54) is 6.21 Å². The van der Waals surface area contributed by atoms with Gasteiger partial charge in [-0.15, -0.1) is 0 Å². The van der Waals surface area contributed by atoms with Gasteiger partial charge in [-0.2, -0.15) is 5.10 Å². The van der Waals surface area contributed by atoms with Gasteiger partial charge in [-0.1, -0.05) is 29.8 Å². The first kappa shape index (κ1) is 22.8. The fourth-order valence-electron chi connectivity index (χ4n) is 2.58. The van der Waals surface area contributed by atoms with Crippen LogP contribution < -0.4 is 19.6 Å². The van der Waals surface area contributed by atoms with Gasteiger partial charge in [0.25, 0.3) is 5.91 Å². The quantitative estimate of drug-likeness (QED) is 0.224. The maximum absolute atomic E-state index is 12.4. The maximum Gasteiger partial charge on any atom is 0.343 e. The van der Waals surface area contributed by atoms with Gasteiger partial charge in [-0.3, -0.25) is 4.79 Å². The maximum atomic E-state index is 12.4. The first-order valence-electron chi connectivity index (χ1n) is 9.79. The zero-order valence-electron chi connectivity index (χ0n) is 17.3. The second kappa shape index (κ2) is 11.5. The second-order valence-corrected chi connectivity index (χ2v) is 6.87. The van der Waals surface area contributed by atoms with Crippen LogP contribution in [0.1, 0.15) is 22.8 Å². The van der Waals surface area contributed by atoms with Crippen molar-refractivity contribution in [3.8, 4) is 17.2 Å². The Bertz CT molecular complexity index is 1090. The average molecular weight is 453 g/mol. The van der Waals surface area contributed by atoms with Crippen molar-refractivity contribution in [1.82, 2.24) is 5.43 Å². The summed E-state index contributed by atoms with van der Waals surface area (Å²) in [6.07, 6.45) is 1.45. The number of carbonyl (C=O) groups is 2. The molecule has 32 heavy (non-hydrogen) atoms. The molecule has 0 aliphatic heterocycles. The zero-order valence-corrected chi connectivity index (χ0v) is 18.0. The van der Waals surface area contributed by atoms with E-state index >= 15 is 0 Å². The van der Waals surface area contributed by atoms with Crippen LogP contribution in [-0.4, -0.2) is 31.3 Å². The highest BCUT2D eigenvalue weighted by Crippen LogP contribution is 2.29. The number of carbonyl (C=O) groups excluding carboxylic acids is 2. The van der Waals surface area contributed by atoms with Crippen LogP contribution in [0.15, 0.2) is 77.9 Å². The van der Waals surface area contributed by atoms with Crippen molar-refractivity contribution in [1.29, 1.82) is 0 Å². The van der Waals surface area contributed by atoms with Crippen LogP contribution in [0.5, 0.6) is 17.2 Å². The molecule has 7 nitrogen and oxygen atoms in total. The van der Waals surface area contributed by atoms with Crippen LogP contribution in [0.3, 0.4) is 0 Å². The summed E-state index contributed by atoms with van der Waals surface area (Å²) >= 11 is 5.85. The molecule has 0 saturated carbocycles. The molecule has 0 aromatic heterocycles. The minimum atomic E-state index is -0.533. The van der Waals surface area contributed by atoms with Crippen molar-refractivity contribution in [3.63, 3.8) is 0 Å². The molecule has 8 heteroatoms. The first-order chi connectivity index (χ1) is 15.5.